The molecule has 5 nitrogen and oxygen atoms in total. The van der Waals surface area contributed by atoms with Crippen molar-refractivity contribution in [2.24, 2.45) is 0 Å². The molecule has 1 amide bonds. The van der Waals surface area contributed by atoms with Crippen LogP contribution in [0.15, 0.2) is 60.8 Å². The molecule has 0 aliphatic carbocycles. The smallest absolute Gasteiger partial charge is 0.338 e. The molecule has 2 heterocycles. The summed E-state index contributed by atoms with van der Waals surface area (Å²) >= 11 is 5.91. The molecule has 0 atom stereocenters. The molecule has 4 aromatic rings. The highest BCUT2D eigenvalue weighted by atomic mass is 35.5. The molecular weight excluding hydrogens is 405 g/mol. The second-order valence-electron chi connectivity index (χ2n) is 6.14. The summed E-state index contributed by atoms with van der Waals surface area (Å²) in [6, 6.07) is 13.1. The highest BCUT2D eigenvalue weighted by molar-refractivity contribution is 6.30. The van der Waals surface area contributed by atoms with Gasteiger partial charge >= 0.3 is 6.18 Å². The lowest BCUT2D eigenvalue weighted by Crippen LogP contribution is -2.13. The number of amides is 1. The van der Waals surface area contributed by atoms with Crippen LogP contribution < -0.4 is 5.32 Å². The second-order valence-corrected chi connectivity index (χ2v) is 6.58. The SMILES string of the molecule is O=C(Nc1ccccn1)c1cccc2[nH]c(-c3cc(Cl)ccc3C(F)(F)F)nc12. The summed E-state index contributed by atoms with van der Waals surface area (Å²) in [5.74, 6) is -0.165. The number of benzene rings is 2. The van der Waals surface area contributed by atoms with Gasteiger partial charge in [-0.3, -0.25) is 4.79 Å². The number of imidazole rings is 1. The number of rotatable bonds is 3. The lowest BCUT2D eigenvalue weighted by molar-refractivity contribution is -0.137. The predicted octanol–water partition coefficient (Wildman–Crippen LogP) is 5.55. The number of carbonyl (C=O) groups is 1. The van der Waals surface area contributed by atoms with Gasteiger partial charge in [0.2, 0.25) is 0 Å². The number of aromatic amines is 1. The van der Waals surface area contributed by atoms with E-state index >= 15 is 0 Å². The molecule has 2 aromatic heterocycles. The van der Waals surface area contributed by atoms with Crippen LogP contribution in [-0.2, 0) is 6.18 Å². The number of carbonyl (C=O) groups excluding carboxylic acids is 1. The third-order valence-corrected chi connectivity index (χ3v) is 4.44. The lowest BCUT2D eigenvalue weighted by atomic mass is 10.1. The molecule has 146 valence electrons. The maximum absolute atomic E-state index is 13.4. The summed E-state index contributed by atoms with van der Waals surface area (Å²) in [5, 5.41) is 2.78. The largest absolute Gasteiger partial charge is 0.417 e. The number of hydrogen-bond acceptors (Lipinski definition) is 3. The maximum Gasteiger partial charge on any atom is 0.417 e. The third kappa shape index (κ3) is 3.79. The van der Waals surface area contributed by atoms with E-state index in [0.717, 1.165) is 6.07 Å². The van der Waals surface area contributed by atoms with Gasteiger partial charge in [0.05, 0.1) is 16.6 Å². The van der Waals surface area contributed by atoms with Crippen molar-refractivity contribution in [1.29, 1.82) is 0 Å². The molecule has 0 spiro atoms. The molecule has 29 heavy (non-hydrogen) atoms. The van der Waals surface area contributed by atoms with E-state index in [1.807, 2.05) is 0 Å². The van der Waals surface area contributed by atoms with E-state index in [2.05, 4.69) is 20.3 Å². The van der Waals surface area contributed by atoms with Gasteiger partial charge < -0.3 is 10.3 Å². The number of halogens is 4. The predicted molar refractivity (Wildman–Crippen MR) is 104 cm³/mol. The van der Waals surface area contributed by atoms with Gasteiger partial charge in [0, 0.05) is 16.8 Å². The quantitative estimate of drug-likeness (QED) is 0.460. The molecule has 0 unspecified atom stereocenters. The van der Waals surface area contributed by atoms with Crippen LogP contribution in [0.25, 0.3) is 22.4 Å². The Balaban J connectivity index is 1.80. The number of nitrogens with one attached hydrogen (secondary N) is 2. The number of anilines is 1. The van der Waals surface area contributed by atoms with E-state index in [-0.39, 0.29) is 27.5 Å². The number of nitrogens with zero attached hydrogens (tertiary/aromatic N) is 2. The van der Waals surface area contributed by atoms with Crippen molar-refractivity contribution in [2.75, 3.05) is 5.32 Å². The Morgan fingerprint density at radius 1 is 1.07 bits per heavy atom. The van der Waals surface area contributed by atoms with E-state index in [9.17, 15) is 18.0 Å². The first-order valence-corrected chi connectivity index (χ1v) is 8.79. The zero-order valence-electron chi connectivity index (χ0n) is 14.6. The Bertz CT molecular complexity index is 1210. The highest BCUT2D eigenvalue weighted by Gasteiger charge is 2.34. The number of hydrogen-bond donors (Lipinski definition) is 2. The number of aromatic nitrogens is 3. The zero-order chi connectivity index (χ0) is 20.6. The second kappa shape index (κ2) is 7.21. The van der Waals surface area contributed by atoms with Crippen molar-refractivity contribution in [3.63, 3.8) is 0 Å². The summed E-state index contributed by atoms with van der Waals surface area (Å²) in [7, 11) is 0. The Kier molecular flexibility index (Phi) is 4.71. The first-order valence-electron chi connectivity index (χ1n) is 8.41. The van der Waals surface area contributed by atoms with E-state index < -0.39 is 17.6 Å². The minimum atomic E-state index is -4.59. The van der Waals surface area contributed by atoms with Gasteiger partial charge in [-0.2, -0.15) is 13.2 Å². The molecule has 0 saturated carbocycles. The van der Waals surface area contributed by atoms with Gasteiger partial charge in [0.15, 0.2) is 0 Å². The fourth-order valence-electron chi connectivity index (χ4n) is 2.92. The van der Waals surface area contributed by atoms with Gasteiger partial charge in [-0.25, -0.2) is 9.97 Å². The van der Waals surface area contributed by atoms with E-state index in [1.54, 1.807) is 30.3 Å². The minimum absolute atomic E-state index is 0.0343. The van der Waals surface area contributed by atoms with Crippen LogP contribution in [0.3, 0.4) is 0 Å². The number of pyridine rings is 1. The van der Waals surface area contributed by atoms with Crippen molar-refractivity contribution in [3.8, 4) is 11.4 Å². The summed E-state index contributed by atoms with van der Waals surface area (Å²) in [5.41, 5.74) is -0.213. The molecule has 0 bridgehead atoms. The van der Waals surface area contributed by atoms with Crippen molar-refractivity contribution < 1.29 is 18.0 Å². The normalized spacial score (nSPS) is 11.6. The van der Waals surface area contributed by atoms with Crippen LogP contribution in [0.5, 0.6) is 0 Å². The van der Waals surface area contributed by atoms with Crippen LogP contribution in [0.4, 0.5) is 19.0 Å². The zero-order valence-corrected chi connectivity index (χ0v) is 15.3. The van der Waals surface area contributed by atoms with Gasteiger partial charge in [-0.15, -0.1) is 0 Å². The molecule has 9 heteroatoms. The fourth-order valence-corrected chi connectivity index (χ4v) is 3.09. The van der Waals surface area contributed by atoms with Crippen molar-refractivity contribution >= 4 is 34.4 Å². The molecule has 2 aromatic carbocycles. The lowest BCUT2D eigenvalue weighted by Gasteiger charge is -2.11. The minimum Gasteiger partial charge on any atom is -0.338 e. The van der Waals surface area contributed by atoms with Crippen molar-refractivity contribution in [2.45, 2.75) is 6.18 Å². The summed E-state index contributed by atoms with van der Waals surface area (Å²) in [6.07, 6.45) is -3.06. The first-order chi connectivity index (χ1) is 13.8. The maximum atomic E-state index is 13.4. The van der Waals surface area contributed by atoms with Crippen molar-refractivity contribution in [1.82, 2.24) is 15.0 Å². The number of H-pyrrole nitrogens is 1. The average Bonchev–Trinajstić information content (AvgIpc) is 3.12. The molecule has 2 N–H and O–H groups in total. The van der Waals surface area contributed by atoms with E-state index in [4.69, 9.17) is 11.6 Å². The highest BCUT2D eigenvalue weighted by Crippen LogP contribution is 2.38. The first kappa shape index (κ1) is 18.9. The van der Waals surface area contributed by atoms with Crippen molar-refractivity contribution in [3.05, 3.63) is 76.9 Å². The van der Waals surface area contributed by atoms with Crippen LogP contribution in [-0.4, -0.2) is 20.9 Å². The van der Waals surface area contributed by atoms with Crippen LogP contribution >= 0.6 is 11.6 Å². The molecule has 4 rings (SSSR count). The molecule has 0 aliphatic heterocycles. The van der Waals surface area contributed by atoms with Gasteiger partial charge in [-0.1, -0.05) is 23.7 Å². The topological polar surface area (TPSA) is 70.7 Å². The number of alkyl halides is 3. The van der Waals surface area contributed by atoms with E-state index in [0.29, 0.717) is 11.3 Å². The Morgan fingerprint density at radius 2 is 1.90 bits per heavy atom. The molecular formula is C20H12ClF3N4O. The van der Waals surface area contributed by atoms with Crippen LogP contribution in [0.2, 0.25) is 5.02 Å². The fraction of sp³-hybridized carbons (Fsp3) is 0.0500. The summed E-state index contributed by atoms with van der Waals surface area (Å²) in [4.78, 5) is 23.8. The third-order valence-electron chi connectivity index (χ3n) is 4.21. The molecule has 0 aliphatic rings. The molecule has 0 radical (unpaired) electrons. The molecule has 0 saturated heterocycles. The van der Waals surface area contributed by atoms with Gasteiger partial charge in [0.25, 0.3) is 5.91 Å². The van der Waals surface area contributed by atoms with Gasteiger partial charge in [0.1, 0.15) is 17.2 Å². The Labute approximate surface area is 167 Å². The monoisotopic (exact) mass is 416 g/mol. The average molecular weight is 417 g/mol. The Hall–Kier alpha value is -3.39. The number of para-hydroxylation sites is 1. The van der Waals surface area contributed by atoms with Gasteiger partial charge in [-0.05, 0) is 42.5 Å². The standard InChI is InChI=1S/C20H12ClF3N4O/c21-11-7-8-14(20(22,23)24)13(10-11)18-26-15-5-3-4-12(17(15)28-18)19(29)27-16-6-1-2-9-25-16/h1-10H,(H,26,28)(H,25,27,29). The summed E-state index contributed by atoms with van der Waals surface area (Å²) < 4.78 is 40.2. The number of fused-ring (bicyclic) bond motifs is 1. The van der Waals surface area contributed by atoms with Crippen LogP contribution in [0.1, 0.15) is 15.9 Å². The summed E-state index contributed by atoms with van der Waals surface area (Å²) in [6.45, 7) is 0. The van der Waals surface area contributed by atoms with E-state index in [1.165, 1.54) is 24.4 Å². The van der Waals surface area contributed by atoms with Crippen LogP contribution in [0, 0.1) is 0 Å². The Morgan fingerprint density at radius 3 is 2.62 bits per heavy atom. The molecule has 0 fully saturated rings.